The third-order valence-corrected chi connectivity index (χ3v) is 2.77. The highest BCUT2D eigenvalue weighted by molar-refractivity contribution is 5.81. The van der Waals surface area contributed by atoms with E-state index < -0.39 is 6.10 Å². The summed E-state index contributed by atoms with van der Waals surface area (Å²) in [5.74, 6) is 0.0268. The van der Waals surface area contributed by atoms with Crippen molar-refractivity contribution < 1.29 is 9.90 Å². The van der Waals surface area contributed by atoms with Crippen molar-refractivity contribution in [2.75, 3.05) is 25.0 Å². The predicted octanol–water partition coefficient (Wildman–Crippen LogP) is 1.70. The molecular formula is C14H22N2O2. The molecule has 1 aromatic rings. The van der Waals surface area contributed by atoms with Gasteiger partial charge in [0.1, 0.15) is 0 Å². The van der Waals surface area contributed by atoms with Gasteiger partial charge in [0.15, 0.2) is 0 Å². The molecule has 18 heavy (non-hydrogen) atoms. The number of aliphatic hydroxyl groups is 1. The Morgan fingerprint density at radius 3 is 2.50 bits per heavy atom. The molecule has 1 atom stereocenters. The summed E-state index contributed by atoms with van der Waals surface area (Å²) >= 11 is 0. The number of aliphatic hydroxyl groups excluding tert-OH is 1. The summed E-state index contributed by atoms with van der Waals surface area (Å²) in [6.07, 6.45) is 0.482. The number of carbonyl (C=O) groups excluding carboxylic acids is 1. The summed E-state index contributed by atoms with van der Waals surface area (Å²) in [5, 5.41) is 12.3. The van der Waals surface area contributed by atoms with Crippen molar-refractivity contribution in [2.45, 2.75) is 26.4 Å². The van der Waals surface area contributed by atoms with Gasteiger partial charge in [-0.05, 0) is 31.0 Å². The van der Waals surface area contributed by atoms with Crippen molar-refractivity contribution in [3.8, 4) is 0 Å². The average molecular weight is 250 g/mol. The number of anilines is 1. The first kappa shape index (κ1) is 14.5. The zero-order valence-electron chi connectivity index (χ0n) is 11.3. The van der Waals surface area contributed by atoms with Crippen LogP contribution in [-0.4, -0.2) is 31.2 Å². The standard InChI is InChI=1S/C14H22N2O2/c1-4-9-15-14(18)10-16(3)13-7-5-12(6-8-13)11(2)17/h5-8,11,17H,4,9-10H2,1-3H3,(H,15,18)/t11-/m1/s1. The molecule has 2 N–H and O–H groups in total. The summed E-state index contributed by atoms with van der Waals surface area (Å²) in [6, 6.07) is 7.57. The molecule has 100 valence electrons. The summed E-state index contributed by atoms with van der Waals surface area (Å²) in [6.45, 7) is 4.82. The van der Waals surface area contributed by atoms with Gasteiger partial charge >= 0.3 is 0 Å². The number of hydrogen-bond donors (Lipinski definition) is 2. The van der Waals surface area contributed by atoms with E-state index in [0.29, 0.717) is 13.1 Å². The van der Waals surface area contributed by atoms with Crippen molar-refractivity contribution in [1.29, 1.82) is 0 Å². The summed E-state index contributed by atoms with van der Waals surface area (Å²) < 4.78 is 0. The van der Waals surface area contributed by atoms with Gasteiger partial charge in [-0.15, -0.1) is 0 Å². The molecule has 0 aliphatic heterocycles. The van der Waals surface area contributed by atoms with Gasteiger partial charge in [0, 0.05) is 19.3 Å². The lowest BCUT2D eigenvalue weighted by atomic mass is 10.1. The van der Waals surface area contributed by atoms with Crippen LogP contribution in [0.1, 0.15) is 31.9 Å². The molecule has 0 unspecified atom stereocenters. The Morgan fingerprint density at radius 2 is 2.00 bits per heavy atom. The molecule has 0 saturated heterocycles. The minimum atomic E-state index is -0.461. The Morgan fingerprint density at radius 1 is 1.39 bits per heavy atom. The topological polar surface area (TPSA) is 52.6 Å². The van der Waals surface area contributed by atoms with Crippen molar-refractivity contribution in [1.82, 2.24) is 5.32 Å². The number of benzene rings is 1. The van der Waals surface area contributed by atoms with Gasteiger partial charge in [0.05, 0.1) is 12.6 Å². The molecule has 1 amide bonds. The summed E-state index contributed by atoms with van der Waals surface area (Å²) in [4.78, 5) is 13.5. The van der Waals surface area contributed by atoms with Crippen LogP contribution in [0.3, 0.4) is 0 Å². The number of rotatable bonds is 6. The first-order valence-corrected chi connectivity index (χ1v) is 6.30. The summed E-state index contributed by atoms with van der Waals surface area (Å²) in [7, 11) is 1.88. The molecule has 4 heteroatoms. The third kappa shape index (κ3) is 4.37. The van der Waals surface area contributed by atoms with Crippen LogP contribution in [0.2, 0.25) is 0 Å². The van der Waals surface area contributed by atoms with E-state index in [-0.39, 0.29) is 5.91 Å². The Bertz CT molecular complexity index is 374. The summed E-state index contributed by atoms with van der Waals surface area (Å²) in [5.41, 5.74) is 1.84. The largest absolute Gasteiger partial charge is 0.389 e. The van der Waals surface area contributed by atoms with E-state index in [9.17, 15) is 9.90 Å². The minimum absolute atomic E-state index is 0.0268. The zero-order valence-corrected chi connectivity index (χ0v) is 11.3. The van der Waals surface area contributed by atoms with Crippen LogP contribution >= 0.6 is 0 Å². The fraction of sp³-hybridized carbons (Fsp3) is 0.500. The molecule has 0 aliphatic carbocycles. The molecule has 0 saturated carbocycles. The maximum absolute atomic E-state index is 11.6. The van der Waals surface area contributed by atoms with E-state index in [1.807, 2.05) is 43.1 Å². The highest BCUT2D eigenvalue weighted by Gasteiger charge is 2.07. The van der Waals surface area contributed by atoms with Crippen LogP contribution < -0.4 is 10.2 Å². The van der Waals surface area contributed by atoms with Crippen LogP contribution in [0.15, 0.2) is 24.3 Å². The predicted molar refractivity (Wildman–Crippen MR) is 73.6 cm³/mol. The molecule has 0 fully saturated rings. The molecule has 0 bridgehead atoms. The molecular weight excluding hydrogens is 228 g/mol. The Hall–Kier alpha value is -1.55. The number of hydrogen-bond acceptors (Lipinski definition) is 3. The van der Waals surface area contributed by atoms with Gasteiger partial charge in [0.2, 0.25) is 5.91 Å². The molecule has 1 rings (SSSR count). The van der Waals surface area contributed by atoms with E-state index in [0.717, 1.165) is 17.7 Å². The fourth-order valence-corrected chi connectivity index (χ4v) is 1.63. The zero-order chi connectivity index (χ0) is 13.5. The number of likely N-dealkylation sites (N-methyl/N-ethyl adjacent to an activating group) is 1. The molecule has 0 aliphatic rings. The lowest BCUT2D eigenvalue weighted by molar-refractivity contribution is -0.119. The molecule has 0 radical (unpaired) electrons. The second-order valence-electron chi connectivity index (χ2n) is 4.47. The first-order chi connectivity index (χ1) is 8.54. The lowest BCUT2D eigenvalue weighted by Crippen LogP contribution is -2.35. The van der Waals surface area contributed by atoms with Crippen LogP contribution in [0.5, 0.6) is 0 Å². The molecule has 4 nitrogen and oxygen atoms in total. The maximum Gasteiger partial charge on any atom is 0.239 e. The van der Waals surface area contributed by atoms with E-state index in [1.165, 1.54) is 0 Å². The van der Waals surface area contributed by atoms with E-state index in [4.69, 9.17) is 0 Å². The quantitative estimate of drug-likeness (QED) is 0.808. The fourth-order valence-electron chi connectivity index (χ4n) is 1.63. The first-order valence-electron chi connectivity index (χ1n) is 6.30. The van der Waals surface area contributed by atoms with Crippen molar-refractivity contribution in [3.05, 3.63) is 29.8 Å². The van der Waals surface area contributed by atoms with Crippen LogP contribution in [0, 0.1) is 0 Å². The van der Waals surface area contributed by atoms with Gasteiger partial charge < -0.3 is 15.3 Å². The van der Waals surface area contributed by atoms with Crippen LogP contribution in [0.25, 0.3) is 0 Å². The van der Waals surface area contributed by atoms with Crippen molar-refractivity contribution in [3.63, 3.8) is 0 Å². The SMILES string of the molecule is CCCNC(=O)CN(C)c1ccc([C@@H](C)O)cc1. The normalized spacial score (nSPS) is 12.0. The van der Waals surface area contributed by atoms with E-state index >= 15 is 0 Å². The second kappa shape index (κ2) is 7.01. The Balaban J connectivity index is 2.56. The lowest BCUT2D eigenvalue weighted by Gasteiger charge is -2.19. The molecule has 0 aromatic heterocycles. The average Bonchev–Trinajstić information content (AvgIpc) is 2.36. The van der Waals surface area contributed by atoms with Crippen molar-refractivity contribution >= 4 is 11.6 Å². The highest BCUT2D eigenvalue weighted by Crippen LogP contribution is 2.17. The van der Waals surface area contributed by atoms with E-state index in [2.05, 4.69) is 5.32 Å². The maximum atomic E-state index is 11.6. The molecule has 0 heterocycles. The number of nitrogens with one attached hydrogen (secondary N) is 1. The second-order valence-corrected chi connectivity index (χ2v) is 4.47. The van der Waals surface area contributed by atoms with Gasteiger partial charge in [0.25, 0.3) is 0 Å². The van der Waals surface area contributed by atoms with Crippen LogP contribution in [0.4, 0.5) is 5.69 Å². The van der Waals surface area contributed by atoms with Crippen LogP contribution in [-0.2, 0) is 4.79 Å². The molecule has 1 aromatic carbocycles. The number of carbonyl (C=O) groups is 1. The third-order valence-electron chi connectivity index (χ3n) is 2.77. The smallest absolute Gasteiger partial charge is 0.239 e. The molecule has 0 spiro atoms. The Kier molecular flexibility index (Phi) is 5.65. The van der Waals surface area contributed by atoms with Gasteiger partial charge in [-0.1, -0.05) is 19.1 Å². The van der Waals surface area contributed by atoms with Crippen molar-refractivity contribution in [2.24, 2.45) is 0 Å². The Labute approximate surface area is 109 Å². The number of nitrogens with zero attached hydrogens (tertiary/aromatic N) is 1. The van der Waals surface area contributed by atoms with Gasteiger partial charge in [-0.3, -0.25) is 4.79 Å². The van der Waals surface area contributed by atoms with E-state index in [1.54, 1.807) is 6.92 Å². The monoisotopic (exact) mass is 250 g/mol. The van der Waals surface area contributed by atoms with Gasteiger partial charge in [-0.25, -0.2) is 0 Å². The highest BCUT2D eigenvalue weighted by atomic mass is 16.3. The minimum Gasteiger partial charge on any atom is -0.389 e. The van der Waals surface area contributed by atoms with Gasteiger partial charge in [-0.2, -0.15) is 0 Å². The number of amides is 1.